The minimum Gasteiger partial charge on any atom is -0.380 e. The van der Waals surface area contributed by atoms with Crippen molar-refractivity contribution in [2.45, 2.75) is 45.1 Å². The highest BCUT2D eigenvalue weighted by Crippen LogP contribution is 2.29. The highest BCUT2D eigenvalue weighted by Gasteiger charge is 2.30. The lowest BCUT2D eigenvalue weighted by molar-refractivity contribution is 0.0717. The minimum absolute atomic E-state index is 0.0614. The van der Waals surface area contributed by atoms with Crippen LogP contribution in [0.15, 0.2) is 24.3 Å². The van der Waals surface area contributed by atoms with Gasteiger partial charge in [-0.25, -0.2) is 14.4 Å². The van der Waals surface area contributed by atoms with Crippen LogP contribution in [0.2, 0.25) is 0 Å². The number of carbonyl (C=O) groups excluding carboxylic acids is 1. The Bertz CT molecular complexity index is 962. The third-order valence-corrected chi connectivity index (χ3v) is 6.76. The van der Waals surface area contributed by atoms with Crippen LogP contribution in [0.5, 0.6) is 0 Å². The van der Waals surface area contributed by atoms with Crippen LogP contribution in [-0.4, -0.2) is 78.2 Å². The molecule has 0 saturated carbocycles. The predicted octanol–water partition coefficient (Wildman–Crippen LogP) is 3.44. The van der Waals surface area contributed by atoms with E-state index in [0.29, 0.717) is 36.0 Å². The average Bonchev–Trinajstić information content (AvgIpc) is 3.51. The molecule has 1 aromatic heterocycles. The van der Waals surface area contributed by atoms with Gasteiger partial charge in [-0.2, -0.15) is 0 Å². The van der Waals surface area contributed by atoms with Crippen molar-refractivity contribution in [2.24, 2.45) is 0 Å². The average molecular weight is 456 g/mol. The second-order valence-electron chi connectivity index (χ2n) is 9.04. The molecule has 1 N–H and O–H groups in total. The number of nitrogens with one attached hydrogen (secondary N) is 1. The Morgan fingerprint density at radius 2 is 1.94 bits per heavy atom. The second-order valence-corrected chi connectivity index (χ2v) is 9.04. The molecule has 2 fully saturated rings. The SMILES string of the molecule is CO[C@@H]1CCN(C(=O)c2nc(C(C)c3ccc(F)cc3)c(NCCN3CCCC3)nc2C)C1. The number of aromatic nitrogens is 2. The van der Waals surface area contributed by atoms with Crippen LogP contribution in [0.4, 0.5) is 10.2 Å². The van der Waals surface area contributed by atoms with Gasteiger partial charge < -0.3 is 19.9 Å². The zero-order chi connectivity index (χ0) is 23.4. The molecule has 2 aliphatic heterocycles. The molecule has 4 rings (SSSR count). The number of carbonyl (C=O) groups is 1. The highest BCUT2D eigenvalue weighted by atomic mass is 19.1. The van der Waals surface area contributed by atoms with Crippen LogP contribution in [0.25, 0.3) is 0 Å². The fourth-order valence-electron chi connectivity index (χ4n) is 4.67. The summed E-state index contributed by atoms with van der Waals surface area (Å²) in [7, 11) is 1.68. The summed E-state index contributed by atoms with van der Waals surface area (Å²) in [5.74, 6) is 0.152. The zero-order valence-corrected chi connectivity index (χ0v) is 19.8. The molecule has 2 atom stereocenters. The molecule has 2 aliphatic rings. The third-order valence-electron chi connectivity index (χ3n) is 6.76. The van der Waals surface area contributed by atoms with Crippen molar-refractivity contribution >= 4 is 11.7 Å². The van der Waals surface area contributed by atoms with Gasteiger partial charge in [0.05, 0.1) is 17.5 Å². The van der Waals surface area contributed by atoms with Crippen molar-refractivity contribution in [1.29, 1.82) is 0 Å². The summed E-state index contributed by atoms with van der Waals surface area (Å²) >= 11 is 0. The van der Waals surface area contributed by atoms with E-state index in [1.807, 2.05) is 13.8 Å². The number of amides is 1. The fraction of sp³-hybridized carbons (Fsp3) is 0.560. The number of hydrogen-bond acceptors (Lipinski definition) is 6. The number of likely N-dealkylation sites (tertiary alicyclic amines) is 2. The Morgan fingerprint density at radius 3 is 2.61 bits per heavy atom. The third kappa shape index (κ3) is 5.50. The van der Waals surface area contributed by atoms with Gasteiger partial charge in [0.1, 0.15) is 17.3 Å². The van der Waals surface area contributed by atoms with Crippen molar-refractivity contribution in [3.63, 3.8) is 0 Å². The van der Waals surface area contributed by atoms with Gasteiger partial charge in [0.15, 0.2) is 0 Å². The summed E-state index contributed by atoms with van der Waals surface area (Å²) in [5.41, 5.74) is 2.62. The summed E-state index contributed by atoms with van der Waals surface area (Å²) in [4.78, 5) is 27.1. The van der Waals surface area contributed by atoms with Gasteiger partial charge in [-0.3, -0.25) is 4.79 Å². The summed E-state index contributed by atoms with van der Waals surface area (Å²) in [6.07, 6.45) is 3.39. The topological polar surface area (TPSA) is 70.6 Å². The van der Waals surface area contributed by atoms with E-state index < -0.39 is 0 Å². The monoisotopic (exact) mass is 455 g/mol. The lowest BCUT2D eigenvalue weighted by atomic mass is 9.97. The van der Waals surface area contributed by atoms with Crippen LogP contribution in [0.3, 0.4) is 0 Å². The van der Waals surface area contributed by atoms with Gasteiger partial charge in [-0.1, -0.05) is 19.1 Å². The molecule has 2 aromatic rings. The maximum Gasteiger partial charge on any atom is 0.274 e. The number of methoxy groups -OCH3 is 1. The largest absolute Gasteiger partial charge is 0.380 e. The molecular formula is C25H34FN5O2. The number of anilines is 1. The van der Waals surface area contributed by atoms with Crippen molar-refractivity contribution in [1.82, 2.24) is 19.8 Å². The van der Waals surface area contributed by atoms with Gasteiger partial charge in [0, 0.05) is 39.2 Å². The molecule has 3 heterocycles. The summed E-state index contributed by atoms with van der Waals surface area (Å²) in [5, 5.41) is 3.46. The van der Waals surface area contributed by atoms with Crippen molar-refractivity contribution in [3.8, 4) is 0 Å². The van der Waals surface area contributed by atoms with Gasteiger partial charge >= 0.3 is 0 Å². The molecular weight excluding hydrogens is 421 g/mol. The smallest absolute Gasteiger partial charge is 0.274 e. The molecule has 33 heavy (non-hydrogen) atoms. The van der Waals surface area contributed by atoms with E-state index in [1.165, 1.54) is 25.0 Å². The molecule has 8 heteroatoms. The van der Waals surface area contributed by atoms with Gasteiger partial charge in [-0.15, -0.1) is 0 Å². The van der Waals surface area contributed by atoms with Crippen LogP contribution < -0.4 is 5.32 Å². The Labute approximate surface area is 195 Å². The first-order chi connectivity index (χ1) is 16.0. The maximum absolute atomic E-state index is 13.5. The molecule has 7 nitrogen and oxygen atoms in total. The number of hydrogen-bond donors (Lipinski definition) is 1. The number of rotatable bonds is 8. The molecule has 0 bridgehead atoms. The Morgan fingerprint density at radius 1 is 1.21 bits per heavy atom. The normalized spacial score (nSPS) is 19.8. The van der Waals surface area contributed by atoms with Crippen LogP contribution in [0, 0.1) is 12.7 Å². The lowest BCUT2D eigenvalue weighted by Crippen LogP contribution is -2.32. The van der Waals surface area contributed by atoms with Crippen molar-refractivity contribution < 1.29 is 13.9 Å². The van der Waals surface area contributed by atoms with Crippen LogP contribution in [-0.2, 0) is 4.74 Å². The standard InChI is InChI=1S/C25H34FN5O2/c1-17(19-6-8-20(26)9-7-19)22-24(27-11-15-30-12-4-5-13-30)28-18(2)23(29-22)25(32)31-14-10-21(16-31)33-3/h6-9,17,21H,4-5,10-16H2,1-3H3,(H,27,28)/t17?,21-/m1/s1. The summed E-state index contributed by atoms with van der Waals surface area (Å²) in [6, 6.07) is 6.44. The van der Waals surface area contributed by atoms with Crippen molar-refractivity contribution in [2.75, 3.05) is 51.7 Å². The first-order valence-corrected chi connectivity index (χ1v) is 11.9. The van der Waals surface area contributed by atoms with E-state index in [-0.39, 0.29) is 23.7 Å². The molecule has 0 spiro atoms. The Hall–Kier alpha value is -2.58. The molecule has 178 valence electrons. The Kier molecular flexibility index (Phi) is 7.55. The molecule has 0 aliphatic carbocycles. The highest BCUT2D eigenvalue weighted by molar-refractivity contribution is 5.93. The van der Waals surface area contributed by atoms with Gasteiger partial charge in [0.2, 0.25) is 0 Å². The number of ether oxygens (including phenoxy) is 1. The fourth-order valence-corrected chi connectivity index (χ4v) is 4.67. The van der Waals surface area contributed by atoms with Gasteiger partial charge in [-0.05, 0) is 57.0 Å². The van der Waals surface area contributed by atoms with E-state index in [1.54, 1.807) is 24.1 Å². The first kappa shape index (κ1) is 23.6. The van der Waals surface area contributed by atoms with E-state index in [0.717, 1.165) is 38.2 Å². The molecule has 1 amide bonds. The first-order valence-electron chi connectivity index (χ1n) is 11.9. The minimum atomic E-state index is -0.275. The molecule has 2 saturated heterocycles. The van der Waals surface area contributed by atoms with Crippen molar-refractivity contribution in [3.05, 3.63) is 52.7 Å². The van der Waals surface area contributed by atoms with E-state index in [2.05, 4.69) is 10.2 Å². The number of aryl methyl sites for hydroxylation is 1. The number of halogens is 1. The molecule has 0 radical (unpaired) electrons. The molecule has 1 aromatic carbocycles. The van der Waals surface area contributed by atoms with E-state index in [4.69, 9.17) is 14.7 Å². The van der Waals surface area contributed by atoms with E-state index in [9.17, 15) is 9.18 Å². The van der Waals surface area contributed by atoms with E-state index >= 15 is 0 Å². The van der Waals surface area contributed by atoms with Gasteiger partial charge in [0.25, 0.3) is 5.91 Å². The van der Waals surface area contributed by atoms with Crippen LogP contribution >= 0.6 is 0 Å². The Balaban J connectivity index is 1.61. The summed E-state index contributed by atoms with van der Waals surface area (Å²) in [6.45, 7) is 9.04. The van der Waals surface area contributed by atoms with Crippen LogP contribution in [0.1, 0.15) is 59.5 Å². The lowest BCUT2D eigenvalue weighted by Gasteiger charge is -2.22. The molecule has 1 unspecified atom stereocenters. The number of nitrogens with zero attached hydrogens (tertiary/aromatic N) is 4. The quantitative estimate of drug-likeness (QED) is 0.658. The summed E-state index contributed by atoms with van der Waals surface area (Å²) < 4.78 is 18.9. The zero-order valence-electron chi connectivity index (χ0n) is 19.8. The second kappa shape index (κ2) is 10.6. The predicted molar refractivity (Wildman–Crippen MR) is 126 cm³/mol. The number of benzene rings is 1. The maximum atomic E-state index is 13.5.